The van der Waals surface area contributed by atoms with Gasteiger partial charge in [-0.15, -0.1) is 0 Å². The molecule has 11 heteroatoms. The number of aliphatic imine (C=N–C) groups is 1. The second kappa shape index (κ2) is 7.12. The smallest absolute Gasteiger partial charge is 0.327 e. The van der Waals surface area contributed by atoms with Crippen LogP contribution in [0.2, 0.25) is 5.02 Å². The number of morpholine rings is 1. The minimum atomic E-state index is -3.99. The van der Waals surface area contributed by atoms with E-state index in [2.05, 4.69) is 9.98 Å². The van der Waals surface area contributed by atoms with Gasteiger partial charge in [0.1, 0.15) is 12.1 Å². The topological polar surface area (TPSA) is 141 Å². The number of cyclic esters (lactones) is 1. The summed E-state index contributed by atoms with van der Waals surface area (Å²) in [6.07, 6.45) is 3.84. The molecule has 1 saturated carbocycles. The minimum Gasteiger partial charge on any atom is -0.463 e. The summed E-state index contributed by atoms with van der Waals surface area (Å²) < 4.78 is 33.6. The molecule has 2 aliphatic rings. The maximum absolute atomic E-state index is 13.5. The SMILES string of the molecule is NC(N)=Nc1ncc(Cl)c2ccc(S(=O)(=O)N3CCOC(=O)C34CCCC4)cc12. The standard InChI is InChI=1S/C18H20ClN5O4S/c19-14-10-22-15(23-17(20)21)13-9-11(3-4-12(13)14)29(26,27)24-7-8-28-16(25)18(24)5-1-2-6-18/h3-4,9-10H,1-2,5-8H2,(H4,20,21,22,23). The third-order valence-corrected chi connectivity index (χ3v) is 7.69. The van der Waals surface area contributed by atoms with E-state index in [1.165, 1.54) is 22.6 Å². The molecular weight excluding hydrogens is 418 g/mol. The molecule has 0 unspecified atom stereocenters. The molecule has 1 aliphatic heterocycles. The first-order valence-corrected chi connectivity index (χ1v) is 11.0. The van der Waals surface area contributed by atoms with Gasteiger partial charge in [-0.05, 0) is 25.0 Å². The number of sulfonamides is 1. The molecule has 2 fully saturated rings. The predicted molar refractivity (Wildman–Crippen MR) is 108 cm³/mol. The summed E-state index contributed by atoms with van der Waals surface area (Å²) in [5.74, 6) is -0.523. The van der Waals surface area contributed by atoms with Crippen LogP contribution >= 0.6 is 11.6 Å². The van der Waals surface area contributed by atoms with Crippen molar-refractivity contribution in [1.82, 2.24) is 9.29 Å². The number of nitrogens with two attached hydrogens (primary N) is 2. The number of hydrogen-bond donors (Lipinski definition) is 2. The quantitative estimate of drug-likeness (QED) is 0.422. The van der Waals surface area contributed by atoms with E-state index in [1.54, 1.807) is 6.07 Å². The molecule has 1 aromatic carbocycles. The summed E-state index contributed by atoms with van der Waals surface area (Å²) in [5.41, 5.74) is 9.79. The highest BCUT2D eigenvalue weighted by Crippen LogP contribution is 2.42. The van der Waals surface area contributed by atoms with Crippen LogP contribution in [-0.4, -0.2) is 48.3 Å². The molecule has 1 aromatic heterocycles. The number of hydrogen-bond acceptors (Lipinski definition) is 6. The Morgan fingerprint density at radius 3 is 2.66 bits per heavy atom. The first-order valence-electron chi connectivity index (χ1n) is 9.14. The minimum absolute atomic E-state index is 0.0158. The normalized spacial score (nSPS) is 19.4. The van der Waals surface area contributed by atoms with Gasteiger partial charge in [0.05, 0.1) is 9.92 Å². The fraction of sp³-hybridized carbons (Fsp3) is 0.389. The highest BCUT2D eigenvalue weighted by molar-refractivity contribution is 7.89. The fourth-order valence-corrected chi connectivity index (χ4v) is 6.11. The van der Waals surface area contributed by atoms with Gasteiger partial charge in [0.15, 0.2) is 11.8 Å². The molecule has 0 bridgehead atoms. The second-order valence-electron chi connectivity index (χ2n) is 7.13. The Balaban J connectivity index is 1.87. The summed E-state index contributed by atoms with van der Waals surface area (Å²) >= 11 is 6.20. The van der Waals surface area contributed by atoms with Crippen LogP contribution in [0.1, 0.15) is 25.7 Å². The van der Waals surface area contributed by atoms with Crippen LogP contribution < -0.4 is 11.5 Å². The molecule has 29 heavy (non-hydrogen) atoms. The lowest BCUT2D eigenvalue weighted by Crippen LogP contribution is -2.60. The van der Waals surface area contributed by atoms with Crippen molar-refractivity contribution in [3.05, 3.63) is 29.4 Å². The number of aromatic nitrogens is 1. The molecule has 1 saturated heterocycles. The predicted octanol–water partition coefficient (Wildman–Crippen LogP) is 1.65. The van der Waals surface area contributed by atoms with Crippen LogP contribution in [-0.2, 0) is 19.6 Å². The zero-order valence-electron chi connectivity index (χ0n) is 15.5. The number of esters is 1. The van der Waals surface area contributed by atoms with Crippen molar-refractivity contribution >= 4 is 50.1 Å². The van der Waals surface area contributed by atoms with Crippen LogP contribution in [0.4, 0.5) is 5.82 Å². The molecular formula is C18H20ClN5O4S. The van der Waals surface area contributed by atoms with Crippen LogP contribution in [0.3, 0.4) is 0 Å². The zero-order valence-corrected chi connectivity index (χ0v) is 17.0. The Morgan fingerprint density at radius 2 is 1.97 bits per heavy atom. The van der Waals surface area contributed by atoms with E-state index in [0.717, 1.165) is 12.8 Å². The number of benzene rings is 1. The van der Waals surface area contributed by atoms with E-state index in [-0.39, 0.29) is 29.8 Å². The highest BCUT2D eigenvalue weighted by atomic mass is 35.5. The molecule has 4 rings (SSSR count). The lowest BCUT2D eigenvalue weighted by Gasteiger charge is -2.41. The Kier molecular flexibility index (Phi) is 4.88. The van der Waals surface area contributed by atoms with Gasteiger partial charge in [0.2, 0.25) is 10.0 Å². The lowest BCUT2D eigenvalue weighted by atomic mass is 9.97. The van der Waals surface area contributed by atoms with Gasteiger partial charge in [-0.3, -0.25) is 4.79 Å². The first-order chi connectivity index (χ1) is 13.8. The summed E-state index contributed by atoms with van der Waals surface area (Å²) in [5, 5.41) is 1.30. The number of halogens is 1. The summed E-state index contributed by atoms with van der Waals surface area (Å²) in [7, 11) is -3.99. The third-order valence-electron chi connectivity index (χ3n) is 5.43. The van der Waals surface area contributed by atoms with Crippen molar-refractivity contribution in [3.8, 4) is 0 Å². The summed E-state index contributed by atoms with van der Waals surface area (Å²) in [6.45, 7) is 0.140. The molecule has 2 heterocycles. The van der Waals surface area contributed by atoms with Crippen molar-refractivity contribution < 1.29 is 17.9 Å². The Labute approximate surface area is 172 Å². The number of ether oxygens (including phenoxy) is 1. The van der Waals surface area contributed by atoms with E-state index in [9.17, 15) is 13.2 Å². The number of guanidine groups is 1. The average molecular weight is 438 g/mol. The number of pyridine rings is 1. The van der Waals surface area contributed by atoms with Gasteiger partial charge < -0.3 is 16.2 Å². The van der Waals surface area contributed by atoms with E-state index in [1.807, 2.05) is 0 Å². The Hall–Kier alpha value is -2.43. The van der Waals surface area contributed by atoms with Crippen molar-refractivity contribution in [2.24, 2.45) is 16.5 Å². The molecule has 4 N–H and O–H groups in total. The van der Waals surface area contributed by atoms with Crippen LogP contribution in [0, 0.1) is 0 Å². The largest absolute Gasteiger partial charge is 0.463 e. The number of fused-ring (bicyclic) bond motifs is 1. The van der Waals surface area contributed by atoms with E-state index in [4.69, 9.17) is 27.8 Å². The van der Waals surface area contributed by atoms with Crippen LogP contribution in [0.25, 0.3) is 10.8 Å². The van der Waals surface area contributed by atoms with Gasteiger partial charge in [0, 0.05) is 23.5 Å². The molecule has 0 amide bonds. The maximum atomic E-state index is 13.5. The van der Waals surface area contributed by atoms with Crippen molar-refractivity contribution in [1.29, 1.82) is 0 Å². The molecule has 0 radical (unpaired) electrons. The molecule has 2 aromatic rings. The molecule has 9 nitrogen and oxygen atoms in total. The van der Waals surface area contributed by atoms with Crippen molar-refractivity contribution in [2.45, 2.75) is 36.1 Å². The third kappa shape index (κ3) is 3.21. The summed E-state index contributed by atoms with van der Waals surface area (Å²) in [4.78, 5) is 20.6. The van der Waals surface area contributed by atoms with E-state index < -0.39 is 21.5 Å². The number of rotatable bonds is 3. The maximum Gasteiger partial charge on any atom is 0.327 e. The fourth-order valence-electron chi connectivity index (χ4n) is 4.11. The van der Waals surface area contributed by atoms with Crippen molar-refractivity contribution in [3.63, 3.8) is 0 Å². The number of carbonyl (C=O) groups is 1. The van der Waals surface area contributed by atoms with Gasteiger partial charge in [0.25, 0.3) is 0 Å². The van der Waals surface area contributed by atoms with Crippen LogP contribution in [0.15, 0.2) is 34.3 Å². The Bertz CT molecular complexity index is 1120. The van der Waals surface area contributed by atoms with Crippen LogP contribution in [0.5, 0.6) is 0 Å². The molecule has 154 valence electrons. The van der Waals surface area contributed by atoms with Gasteiger partial charge in [-0.25, -0.2) is 13.4 Å². The average Bonchev–Trinajstić information content (AvgIpc) is 3.16. The zero-order chi connectivity index (χ0) is 20.8. The van der Waals surface area contributed by atoms with Gasteiger partial charge >= 0.3 is 5.97 Å². The number of carbonyl (C=O) groups excluding carboxylic acids is 1. The van der Waals surface area contributed by atoms with Crippen molar-refractivity contribution in [2.75, 3.05) is 13.2 Å². The highest BCUT2D eigenvalue weighted by Gasteiger charge is 2.54. The van der Waals surface area contributed by atoms with Gasteiger partial charge in [-0.2, -0.15) is 9.30 Å². The molecule has 1 aliphatic carbocycles. The van der Waals surface area contributed by atoms with E-state index >= 15 is 0 Å². The van der Waals surface area contributed by atoms with E-state index in [0.29, 0.717) is 28.6 Å². The molecule has 0 atom stereocenters. The lowest BCUT2D eigenvalue weighted by molar-refractivity contribution is -0.162. The number of nitrogens with zero attached hydrogens (tertiary/aromatic N) is 3. The first kappa shape index (κ1) is 19.9. The Morgan fingerprint density at radius 1 is 1.24 bits per heavy atom. The summed E-state index contributed by atoms with van der Waals surface area (Å²) in [6, 6.07) is 4.49. The second-order valence-corrected chi connectivity index (χ2v) is 9.40. The molecule has 1 spiro atoms. The monoisotopic (exact) mass is 437 g/mol. The van der Waals surface area contributed by atoms with Gasteiger partial charge in [-0.1, -0.05) is 30.5 Å².